The average molecular weight is 608 g/mol. The van der Waals surface area contributed by atoms with Gasteiger partial charge in [0.25, 0.3) is 0 Å². The van der Waals surface area contributed by atoms with Crippen molar-refractivity contribution < 1.29 is 0 Å². The fourth-order valence-corrected chi connectivity index (χ4v) is 8.00. The quantitative estimate of drug-likeness (QED) is 0.190. The molecule has 8 rings (SSSR count). The zero-order valence-corrected chi connectivity index (χ0v) is 24.6. The molecule has 42 heavy (non-hydrogen) atoms. The zero-order chi connectivity index (χ0) is 28.0. The van der Waals surface area contributed by atoms with Crippen molar-refractivity contribution in [2.75, 3.05) is 0 Å². The monoisotopic (exact) mass is 607 g/mol. The van der Waals surface area contributed by atoms with Crippen molar-refractivity contribution in [3.63, 3.8) is 0 Å². The molecule has 5 heterocycles. The van der Waals surface area contributed by atoms with E-state index in [1.807, 2.05) is 53.4 Å². The number of aromatic nitrogens is 9. The molecule has 0 unspecified atom stereocenters. The SMILES string of the molecule is Clc1ccccc1-n1c(Cn2cnc3ccccc32)nnc1Sc1nc(-c2cnccn2)nc2sc3c(c12)CCCC3. The second-order valence-corrected chi connectivity index (χ2v) is 12.4. The van der Waals surface area contributed by atoms with Crippen LogP contribution in [0.4, 0.5) is 0 Å². The van der Waals surface area contributed by atoms with Crippen molar-refractivity contribution in [2.45, 2.75) is 42.4 Å². The Morgan fingerprint density at radius 3 is 2.71 bits per heavy atom. The van der Waals surface area contributed by atoms with Crippen LogP contribution in [-0.4, -0.2) is 44.3 Å². The normalized spacial score (nSPS) is 13.2. The lowest BCUT2D eigenvalue weighted by atomic mass is 9.97. The summed E-state index contributed by atoms with van der Waals surface area (Å²) in [5.74, 6) is 1.28. The summed E-state index contributed by atoms with van der Waals surface area (Å²) in [6, 6.07) is 15.8. The molecule has 0 atom stereocenters. The molecule has 0 saturated carbocycles. The first-order valence-electron chi connectivity index (χ1n) is 13.6. The van der Waals surface area contributed by atoms with E-state index in [2.05, 4.69) is 30.7 Å². The number of aryl methyl sites for hydroxylation is 2. The van der Waals surface area contributed by atoms with Gasteiger partial charge < -0.3 is 4.57 Å². The van der Waals surface area contributed by atoms with Crippen molar-refractivity contribution in [1.29, 1.82) is 0 Å². The average Bonchev–Trinajstić information content (AvgIpc) is 3.73. The van der Waals surface area contributed by atoms with E-state index >= 15 is 0 Å². The summed E-state index contributed by atoms with van der Waals surface area (Å²) in [7, 11) is 0. The number of imidazole rings is 1. The molecule has 2 aromatic carbocycles. The Bertz CT molecular complexity index is 2080. The minimum Gasteiger partial charge on any atom is -0.323 e. The predicted molar refractivity (Wildman–Crippen MR) is 164 cm³/mol. The van der Waals surface area contributed by atoms with Crippen molar-refractivity contribution in [2.24, 2.45) is 0 Å². The second kappa shape index (κ2) is 10.6. The predicted octanol–water partition coefficient (Wildman–Crippen LogP) is 6.81. The molecule has 0 N–H and O–H groups in total. The molecular weight excluding hydrogens is 586 g/mol. The fourth-order valence-electron chi connectivity index (χ4n) is 5.45. The van der Waals surface area contributed by atoms with E-state index in [1.54, 1.807) is 29.9 Å². The summed E-state index contributed by atoms with van der Waals surface area (Å²) in [6.07, 6.45) is 11.3. The fraction of sp³-hybridized carbons (Fsp3) is 0.167. The molecule has 0 radical (unpaired) electrons. The van der Waals surface area contributed by atoms with Crippen molar-refractivity contribution in [1.82, 2.24) is 44.3 Å². The highest BCUT2D eigenvalue weighted by Crippen LogP contribution is 2.42. The highest BCUT2D eigenvalue weighted by Gasteiger charge is 2.25. The highest BCUT2D eigenvalue weighted by molar-refractivity contribution is 7.99. The van der Waals surface area contributed by atoms with E-state index in [0.29, 0.717) is 28.2 Å². The Kier molecular flexibility index (Phi) is 6.42. The highest BCUT2D eigenvalue weighted by atomic mass is 35.5. The van der Waals surface area contributed by atoms with E-state index in [4.69, 9.17) is 26.7 Å². The Morgan fingerprint density at radius 1 is 0.929 bits per heavy atom. The smallest absolute Gasteiger partial charge is 0.202 e. The maximum absolute atomic E-state index is 6.77. The maximum Gasteiger partial charge on any atom is 0.202 e. The molecule has 12 heteroatoms. The number of hydrogen-bond acceptors (Lipinski definition) is 9. The first kappa shape index (κ1) is 25.5. The van der Waals surface area contributed by atoms with Gasteiger partial charge in [0.1, 0.15) is 15.6 Å². The standard InChI is InChI=1S/C30H22ClN9S2/c31-19-8-2-4-10-22(19)40-25(16-39-17-34-20-9-3-5-11-23(20)39)37-38-30(40)42-29-26-18-7-1-6-12-24(18)41-28(26)35-27(36-29)21-15-32-13-14-33-21/h2-5,8-11,13-15,17H,1,6-7,12,16H2. The number of hydrogen-bond donors (Lipinski definition) is 0. The number of benzene rings is 2. The van der Waals surface area contributed by atoms with Gasteiger partial charge in [-0.1, -0.05) is 35.9 Å². The van der Waals surface area contributed by atoms with Crippen molar-refractivity contribution >= 4 is 55.9 Å². The number of halogens is 1. The molecule has 5 aromatic heterocycles. The van der Waals surface area contributed by atoms with Gasteiger partial charge in [0.05, 0.1) is 40.8 Å². The number of nitrogens with zero attached hydrogens (tertiary/aromatic N) is 9. The molecular formula is C30H22ClN9S2. The summed E-state index contributed by atoms with van der Waals surface area (Å²) in [4.78, 5) is 25.7. The van der Waals surface area contributed by atoms with Crippen LogP contribution in [0.3, 0.4) is 0 Å². The lowest BCUT2D eigenvalue weighted by Crippen LogP contribution is -2.08. The minimum atomic E-state index is 0.469. The zero-order valence-electron chi connectivity index (χ0n) is 22.2. The van der Waals surface area contributed by atoms with Crippen LogP contribution in [0.2, 0.25) is 5.02 Å². The number of fused-ring (bicyclic) bond motifs is 4. The topological polar surface area (TPSA) is 100 Å². The van der Waals surface area contributed by atoms with Gasteiger partial charge in [-0.25, -0.2) is 19.9 Å². The van der Waals surface area contributed by atoms with Gasteiger partial charge >= 0.3 is 0 Å². The number of rotatable bonds is 6. The van der Waals surface area contributed by atoms with E-state index in [9.17, 15) is 0 Å². The Balaban J connectivity index is 1.29. The lowest BCUT2D eigenvalue weighted by molar-refractivity contribution is 0.699. The molecule has 0 saturated heterocycles. The largest absolute Gasteiger partial charge is 0.323 e. The van der Waals surface area contributed by atoms with Gasteiger partial charge in [-0.15, -0.1) is 21.5 Å². The minimum absolute atomic E-state index is 0.469. The third kappa shape index (κ3) is 4.44. The Labute approximate surface area is 253 Å². The molecule has 0 spiro atoms. The molecule has 1 aliphatic carbocycles. The third-order valence-electron chi connectivity index (χ3n) is 7.39. The number of thiophene rings is 1. The van der Waals surface area contributed by atoms with Crippen LogP contribution in [0.5, 0.6) is 0 Å². The molecule has 0 fully saturated rings. The summed E-state index contributed by atoms with van der Waals surface area (Å²) in [6.45, 7) is 0.469. The van der Waals surface area contributed by atoms with Crippen LogP contribution in [0.1, 0.15) is 29.1 Å². The van der Waals surface area contributed by atoms with Crippen molar-refractivity contribution in [3.05, 3.63) is 94.7 Å². The molecule has 206 valence electrons. The Hall–Kier alpha value is -4.19. The van der Waals surface area contributed by atoms with E-state index in [0.717, 1.165) is 57.1 Å². The van der Waals surface area contributed by atoms with E-state index in [-0.39, 0.29) is 0 Å². The van der Waals surface area contributed by atoms with Gasteiger partial charge in [0.15, 0.2) is 11.6 Å². The molecule has 0 bridgehead atoms. The van der Waals surface area contributed by atoms with E-state index < -0.39 is 0 Å². The molecule has 1 aliphatic rings. The molecule has 0 aliphatic heterocycles. The summed E-state index contributed by atoms with van der Waals surface area (Å²) < 4.78 is 4.10. The van der Waals surface area contributed by atoms with Crippen LogP contribution in [0.25, 0.3) is 38.5 Å². The number of para-hydroxylation sites is 3. The summed E-state index contributed by atoms with van der Waals surface area (Å²) in [5.41, 5.74) is 4.74. The van der Waals surface area contributed by atoms with Gasteiger partial charge in [-0.3, -0.25) is 9.55 Å². The first-order chi connectivity index (χ1) is 20.7. The third-order valence-corrected chi connectivity index (χ3v) is 9.84. The van der Waals surface area contributed by atoms with Crippen LogP contribution in [0.15, 0.2) is 83.6 Å². The lowest BCUT2D eigenvalue weighted by Gasteiger charge is -2.14. The summed E-state index contributed by atoms with van der Waals surface area (Å²) >= 11 is 10.0. The van der Waals surface area contributed by atoms with Gasteiger partial charge in [-0.05, 0) is 67.3 Å². The van der Waals surface area contributed by atoms with Crippen LogP contribution >= 0.6 is 34.7 Å². The van der Waals surface area contributed by atoms with Crippen LogP contribution < -0.4 is 0 Å². The van der Waals surface area contributed by atoms with E-state index in [1.165, 1.54) is 28.6 Å². The van der Waals surface area contributed by atoms with Crippen LogP contribution in [-0.2, 0) is 19.4 Å². The van der Waals surface area contributed by atoms with Gasteiger partial charge in [-0.2, -0.15) is 0 Å². The second-order valence-electron chi connectivity index (χ2n) is 9.98. The first-order valence-corrected chi connectivity index (χ1v) is 15.6. The van der Waals surface area contributed by atoms with Crippen LogP contribution in [0, 0.1) is 0 Å². The van der Waals surface area contributed by atoms with Crippen molar-refractivity contribution in [3.8, 4) is 17.2 Å². The maximum atomic E-state index is 6.77. The Morgan fingerprint density at radius 2 is 1.81 bits per heavy atom. The van der Waals surface area contributed by atoms with Gasteiger partial charge in [0, 0.05) is 22.7 Å². The molecule has 7 aromatic rings. The molecule has 0 amide bonds. The molecule has 9 nitrogen and oxygen atoms in total. The van der Waals surface area contributed by atoms with Gasteiger partial charge in [0.2, 0.25) is 5.16 Å². The summed E-state index contributed by atoms with van der Waals surface area (Å²) in [5, 5.41) is 12.6.